The van der Waals surface area contributed by atoms with Crippen LogP contribution in [0.3, 0.4) is 0 Å². The van der Waals surface area contributed by atoms with Crippen LogP contribution in [-0.4, -0.2) is 37.3 Å². The molecule has 0 radical (unpaired) electrons. The van der Waals surface area contributed by atoms with Gasteiger partial charge in [-0.05, 0) is 18.9 Å². The van der Waals surface area contributed by atoms with Crippen molar-refractivity contribution in [3.63, 3.8) is 0 Å². The Kier molecular flexibility index (Phi) is 18.7. The summed E-state index contributed by atoms with van der Waals surface area (Å²) in [5.41, 5.74) is 0. The van der Waals surface area contributed by atoms with E-state index in [9.17, 15) is 14.3 Å². The SMILES string of the molecule is CC/C=C/C(=O)S[C@H](COCCCCCC)COP(=O)([O-])OC.[Li+]. The summed E-state index contributed by atoms with van der Waals surface area (Å²) in [7, 11) is -3.26. The first-order valence-electron chi connectivity index (χ1n) is 7.91. The van der Waals surface area contributed by atoms with E-state index < -0.39 is 13.1 Å². The molecule has 0 amide bonds. The average Bonchev–Trinajstić information content (AvgIpc) is 2.53. The number of phosphoric ester groups is 1. The number of hydrogen-bond donors (Lipinski definition) is 0. The monoisotopic (exact) mass is 374 g/mol. The van der Waals surface area contributed by atoms with Crippen LogP contribution in [0.5, 0.6) is 0 Å². The Morgan fingerprint density at radius 2 is 1.96 bits per heavy atom. The maximum atomic E-state index is 11.8. The minimum Gasteiger partial charge on any atom is -0.756 e. The molecule has 0 N–H and O–H groups in total. The van der Waals surface area contributed by atoms with Gasteiger partial charge in [-0.2, -0.15) is 0 Å². The van der Waals surface area contributed by atoms with E-state index >= 15 is 0 Å². The summed E-state index contributed by atoms with van der Waals surface area (Å²) in [6, 6.07) is 0. The van der Waals surface area contributed by atoms with Crippen molar-refractivity contribution in [2.75, 3.05) is 26.9 Å². The van der Waals surface area contributed by atoms with E-state index in [1.807, 2.05) is 6.92 Å². The Balaban J connectivity index is 0. The molecule has 0 bridgehead atoms. The van der Waals surface area contributed by atoms with E-state index in [1.54, 1.807) is 6.08 Å². The Morgan fingerprint density at radius 1 is 1.25 bits per heavy atom. The second kappa shape index (κ2) is 16.9. The van der Waals surface area contributed by atoms with E-state index in [0.717, 1.165) is 51.0 Å². The summed E-state index contributed by atoms with van der Waals surface area (Å²) in [6.07, 6.45) is 8.37. The van der Waals surface area contributed by atoms with Crippen LogP contribution in [0.25, 0.3) is 0 Å². The Morgan fingerprint density at radius 3 is 2.54 bits per heavy atom. The van der Waals surface area contributed by atoms with Crippen LogP contribution in [0.1, 0.15) is 46.0 Å². The molecule has 0 spiro atoms. The van der Waals surface area contributed by atoms with Crippen LogP contribution in [0.4, 0.5) is 0 Å². The second-order valence-corrected chi connectivity index (χ2v) is 7.75. The number of carbonyl (C=O) groups is 1. The summed E-state index contributed by atoms with van der Waals surface area (Å²) in [6.45, 7) is 4.76. The molecule has 0 rings (SSSR count). The summed E-state index contributed by atoms with van der Waals surface area (Å²) in [5, 5.41) is -0.541. The number of ether oxygens (including phenoxy) is 1. The van der Waals surface area contributed by atoms with Crippen LogP contribution < -0.4 is 23.8 Å². The fraction of sp³-hybridized carbons (Fsp3) is 0.800. The molecule has 0 saturated carbocycles. The van der Waals surface area contributed by atoms with Crippen molar-refractivity contribution in [1.29, 1.82) is 0 Å². The van der Waals surface area contributed by atoms with Gasteiger partial charge in [-0.3, -0.25) is 9.36 Å². The van der Waals surface area contributed by atoms with Gasteiger partial charge in [0.15, 0.2) is 0 Å². The molecule has 1 unspecified atom stereocenters. The number of hydrogen-bond acceptors (Lipinski definition) is 7. The fourth-order valence-electron chi connectivity index (χ4n) is 1.61. The van der Waals surface area contributed by atoms with Crippen LogP contribution in [0.2, 0.25) is 0 Å². The maximum absolute atomic E-state index is 11.8. The summed E-state index contributed by atoms with van der Waals surface area (Å²) >= 11 is 1.01. The van der Waals surface area contributed by atoms with E-state index in [1.165, 1.54) is 6.08 Å². The Hall–Kier alpha value is 0.427. The zero-order chi connectivity index (χ0) is 17.6. The number of unbranched alkanes of at least 4 members (excludes halogenated alkanes) is 3. The molecule has 0 fully saturated rings. The zero-order valence-electron chi connectivity index (χ0n) is 15.2. The topological polar surface area (TPSA) is 84.9 Å². The van der Waals surface area contributed by atoms with Gasteiger partial charge in [0.05, 0.1) is 18.5 Å². The van der Waals surface area contributed by atoms with Crippen molar-refractivity contribution in [3.8, 4) is 0 Å². The predicted octanol–water partition coefficient (Wildman–Crippen LogP) is 0.313. The number of phosphoric acid groups is 1. The molecule has 9 heteroatoms. The molecule has 0 saturated heterocycles. The third kappa shape index (κ3) is 15.9. The summed E-state index contributed by atoms with van der Waals surface area (Å²) in [5.74, 6) is 0. The third-order valence-corrected chi connectivity index (χ3v) is 4.75. The van der Waals surface area contributed by atoms with Crippen molar-refractivity contribution < 1.29 is 46.9 Å². The maximum Gasteiger partial charge on any atom is 1.00 e. The van der Waals surface area contributed by atoms with E-state index in [4.69, 9.17) is 9.26 Å². The number of allylic oxidation sites excluding steroid dienone is 1. The van der Waals surface area contributed by atoms with E-state index in [-0.39, 0.29) is 37.2 Å². The average molecular weight is 374 g/mol. The predicted molar refractivity (Wildman–Crippen MR) is 91.3 cm³/mol. The molecular weight excluding hydrogens is 346 g/mol. The van der Waals surface area contributed by atoms with Crippen LogP contribution in [0.15, 0.2) is 12.2 Å². The van der Waals surface area contributed by atoms with Gasteiger partial charge < -0.3 is 18.7 Å². The zero-order valence-corrected chi connectivity index (χ0v) is 16.9. The van der Waals surface area contributed by atoms with Crippen molar-refractivity contribution in [3.05, 3.63) is 12.2 Å². The number of rotatable bonds is 14. The molecular formula is C15H28LiO6PS. The quantitative estimate of drug-likeness (QED) is 0.187. The molecule has 0 aromatic carbocycles. The largest absolute Gasteiger partial charge is 1.00 e. The second-order valence-electron chi connectivity index (χ2n) is 4.93. The molecule has 136 valence electrons. The normalized spacial score (nSPS) is 15.0. The van der Waals surface area contributed by atoms with Gasteiger partial charge in [0, 0.05) is 13.7 Å². The molecule has 6 nitrogen and oxygen atoms in total. The van der Waals surface area contributed by atoms with Crippen molar-refractivity contribution in [2.45, 2.75) is 51.2 Å². The first-order chi connectivity index (χ1) is 10.9. The molecule has 0 aliphatic carbocycles. The standard InChI is InChI=1S/C15H29O6PS.Li/c1-4-6-8-9-11-20-12-14(13-21-22(17,18)19-3)23-15(16)10-7-5-2;/h7,10,14H,4-6,8-9,11-13H2,1-3H3,(H,17,18);/q;+1/p-1/b10-7+;/t14-;/m1./s1. The van der Waals surface area contributed by atoms with Gasteiger partial charge in [-0.25, -0.2) is 0 Å². The van der Waals surface area contributed by atoms with Crippen LogP contribution in [0, 0.1) is 0 Å². The molecule has 24 heavy (non-hydrogen) atoms. The number of carbonyl (C=O) groups excluding carboxylic acids is 1. The van der Waals surface area contributed by atoms with Crippen LogP contribution in [-0.2, 0) is 23.1 Å². The van der Waals surface area contributed by atoms with Crippen molar-refractivity contribution >= 4 is 24.7 Å². The minimum absolute atomic E-state index is 0. The third-order valence-electron chi connectivity index (χ3n) is 2.86. The molecule has 0 aromatic rings. The Bertz CT molecular complexity index is 394. The minimum atomic E-state index is -4.29. The molecule has 0 aliphatic rings. The number of thioether (sulfide) groups is 1. The van der Waals surface area contributed by atoms with Gasteiger partial charge in [0.1, 0.15) is 0 Å². The summed E-state index contributed by atoms with van der Waals surface area (Å²) in [4.78, 5) is 23.0. The molecule has 0 aliphatic heterocycles. The van der Waals surface area contributed by atoms with Gasteiger partial charge in [-0.1, -0.05) is 50.9 Å². The Labute approximate surface area is 161 Å². The first-order valence-corrected chi connectivity index (χ1v) is 10.2. The first kappa shape index (κ1) is 26.7. The smallest absolute Gasteiger partial charge is 0.756 e. The van der Waals surface area contributed by atoms with E-state index in [0.29, 0.717) is 6.61 Å². The van der Waals surface area contributed by atoms with Gasteiger partial charge in [0.25, 0.3) is 7.82 Å². The molecule has 0 heterocycles. The van der Waals surface area contributed by atoms with Crippen molar-refractivity contribution in [1.82, 2.24) is 0 Å². The molecule has 2 atom stereocenters. The van der Waals surface area contributed by atoms with Gasteiger partial charge in [0.2, 0.25) is 5.12 Å². The van der Waals surface area contributed by atoms with Gasteiger partial charge >= 0.3 is 18.9 Å². The molecule has 0 aromatic heterocycles. The van der Waals surface area contributed by atoms with Gasteiger partial charge in [-0.15, -0.1) is 0 Å². The van der Waals surface area contributed by atoms with E-state index in [2.05, 4.69) is 11.4 Å². The van der Waals surface area contributed by atoms with Crippen LogP contribution >= 0.6 is 19.6 Å². The fourth-order valence-corrected chi connectivity index (χ4v) is 2.98. The summed E-state index contributed by atoms with van der Waals surface area (Å²) < 4.78 is 25.8. The van der Waals surface area contributed by atoms with Crippen molar-refractivity contribution in [2.24, 2.45) is 0 Å².